The number of fused-ring (bicyclic) bond motifs is 1. The third kappa shape index (κ3) is 3.34. The van der Waals surface area contributed by atoms with Crippen molar-refractivity contribution in [3.63, 3.8) is 0 Å². The molecule has 0 amide bonds. The van der Waals surface area contributed by atoms with Gasteiger partial charge >= 0.3 is 0 Å². The number of rotatable bonds is 3. The van der Waals surface area contributed by atoms with Crippen molar-refractivity contribution >= 4 is 22.5 Å². The van der Waals surface area contributed by atoms with Gasteiger partial charge in [-0.1, -0.05) is 24.4 Å². The van der Waals surface area contributed by atoms with Crippen molar-refractivity contribution in [2.24, 2.45) is 0 Å². The first-order valence-corrected chi connectivity index (χ1v) is 9.22. The minimum absolute atomic E-state index is 0.109. The first-order chi connectivity index (χ1) is 11.7. The maximum absolute atomic E-state index is 12.2. The summed E-state index contributed by atoms with van der Waals surface area (Å²) in [5.74, 6) is 0.740. The quantitative estimate of drug-likeness (QED) is 0.928. The van der Waals surface area contributed by atoms with Crippen molar-refractivity contribution in [2.45, 2.75) is 38.3 Å². The number of halogens is 1. The van der Waals surface area contributed by atoms with Gasteiger partial charge in [0.1, 0.15) is 5.82 Å². The van der Waals surface area contributed by atoms with Gasteiger partial charge in [0, 0.05) is 37.2 Å². The highest BCUT2D eigenvalue weighted by Crippen LogP contribution is 2.24. The average molecular weight is 347 g/mol. The van der Waals surface area contributed by atoms with E-state index in [2.05, 4.69) is 19.8 Å². The topological polar surface area (TPSA) is 52.2 Å². The summed E-state index contributed by atoms with van der Waals surface area (Å²) in [4.78, 5) is 24.8. The Balaban J connectivity index is 1.43. The van der Waals surface area contributed by atoms with E-state index in [-0.39, 0.29) is 5.56 Å². The van der Waals surface area contributed by atoms with E-state index in [1.165, 1.54) is 25.7 Å². The molecule has 1 aromatic heterocycles. The molecule has 5 nitrogen and oxygen atoms in total. The molecule has 1 aromatic carbocycles. The zero-order valence-corrected chi connectivity index (χ0v) is 14.6. The second kappa shape index (κ2) is 6.82. The molecule has 0 unspecified atom stereocenters. The van der Waals surface area contributed by atoms with Crippen LogP contribution in [0, 0.1) is 0 Å². The summed E-state index contributed by atoms with van der Waals surface area (Å²) in [6.07, 6.45) is 5.50. The lowest BCUT2D eigenvalue weighted by molar-refractivity contribution is 0.0921. The zero-order chi connectivity index (χ0) is 16.5. The first kappa shape index (κ1) is 16.1. The van der Waals surface area contributed by atoms with Crippen LogP contribution in [0.5, 0.6) is 0 Å². The fourth-order valence-corrected chi connectivity index (χ4v) is 4.17. The van der Waals surface area contributed by atoms with Crippen LogP contribution in [0.25, 0.3) is 10.9 Å². The summed E-state index contributed by atoms with van der Waals surface area (Å²) in [5, 5.41) is 1.11. The Morgan fingerprint density at radius 1 is 1.17 bits per heavy atom. The van der Waals surface area contributed by atoms with Crippen molar-refractivity contribution < 1.29 is 0 Å². The minimum atomic E-state index is -0.109. The SMILES string of the molecule is O=c1[nH]c(CN2CCN(C3CCCC3)CC2)nc2ccc(Cl)cc12. The first-order valence-electron chi connectivity index (χ1n) is 8.84. The molecular formula is C18H23ClN4O. The Morgan fingerprint density at radius 2 is 1.92 bits per heavy atom. The summed E-state index contributed by atoms with van der Waals surface area (Å²) in [6.45, 7) is 5.03. The summed E-state index contributed by atoms with van der Waals surface area (Å²) >= 11 is 5.96. The number of aromatic amines is 1. The Hall–Kier alpha value is -1.43. The second-order valence-corrected chi connectivity index (χ2v) is 7.36. The lowest BCUT2D eigenvalue weighted by Crippen LogP contribution is -2.49. The number of benzene rings is 1. The molecule has 0 radical (unpaired) electrons. The van der Waals surface area contributed by atoms with Gasteiger partial charge in [0.2, 0.25) is 0 Å². The van der Waals surface area contributed by atoms with E-state index in [1.54, 1.807) is 12.1 Å². The molecule has 1 aliphatic carbocycles. The van der Waals surface area contributed by atoms with Crippen LogP contribution in [0.4, 0.5) is 0 Å². The van der Waals surface area contributed by atoms with Crippen LogP contribution < -0.4 is 5.56 Å². The molecule has 1 aliphatic heterocycles. The molecule has 1 saturated heterocycles. The number of H-pyrrole nitrogens is 1. The van der Waals surface area contributed by atoms with Crippen LogP contribution in [-0.2, 0) is 6.54 Å². The molecule has 24 heavy (non-hydrogen) atoms. The van der Waals surface area contributed by atoms with Gasteiger partial charge in [0.15, 0.2) is 0 Å². The number of piperazine rings is 1. The molecule has 1 saturated carbocycles. The summed E-state index contributed by atoms with van der Waals surface area (Å²) in [7, 11) is 0. The van der Waals surface area contributed by atoms with Crippen molar-refractivity contribution in [1.29, 1.82) is 0 Å². The van der Waals surface area contributed by atoms with Gasteiger partial charge in [0.05, 0.1) is 17.4 Å². The summed E-state index contributed by atoms with van der Waals surface area (Å²) in [6, 6.07) is 6.07. The van der Waals surface area contributed by atoms with Crippen LogP contribution in [0.2, 0.25) is 5.02 Å². The zero-order valence-electron chi connectivity index (χ0n) is 13.8. The summed E-state index contributed by atoms with van der Waals surface area (Å²) < 4.78 is 0. The van der Waals surface area contributed by atoms with Crippen molar-refractivity contribution in [3.05, 3.63) is 39.4 Å². The number of aromatic nitrogens is 2. The number of nitrogens with one attached hydrogen (secondary N) is 1. The van der Waals surface area contributed by atoms with Gasteiger partial charge < -0.3 is 4.98 Å². The lowest BCUT2D eigenvalue weighted by Gasteiger charge is -2.37. The predicted octanol–water partition coefficient (Wildman–Crippen LogP) is 2.64. The monoisotopic (exact) mass is 346 g/mol. The van der Waals surface area contributed by atoms with Gasteiger partial charge in [-0.15, -0.1) is 0 Å². The van der Waals surface area contributed by atoms with Crippen molar-refractivity contribution in [3.8, 4) is 0 Å². The number of hydrogen-bond donors (Lipinski definition) is 1. The molecule has 1 N–H and O–H groups in total. The molecule has 0 atom stereocenters. The fraction of sp³-hybridized carbons (Fsp3) is 0.556. The molecule has 2 aromatic rings. The highest BCUT2D eigenvalue weighted by molar-refractivity contribution is 6.31. The van der Waals surface area contributed by atoms with E-state index in [9.17, 15) is 4.79 Å². The van der Waals surface area contributed by atoms with Gasteiger partial charge in [0.25, 0.3) is 5.56 Å². The maximum atomic E-state index is 12.2. The van der Waals surface area contributed by atoms with E-state index in [4.69, 9.17) is 11.6 Å². The van der Waals surface area contributed by atoms with Crippen molar-refractivity contribution in [2.75, 3.05) is 26.2 Å². The normalized spacial score (nSPS) is 20.9. The molecule has 2 aliphatic rings. The van der Waals surface area contributed by atoms with Crippen LogP contribution >= 0.6 is 11.6 Å². The van der Waals surface area contributed by atoms with E-state index in [0.29, 0.717) is 22.5 Å². The van der Waals surface area contributed by atoms with Crippen LogP contribution in [0.1, 0.15) is 31.5 Å². The molecule has 128 valence electrons. The Kier molecular flexibility index (Phi) is 4.57. The van der Waals surface area contributed by atoms with Gasteiger partial charge in [-0.05, 0) is 31.0 Å². The second-order valence-electron chi connectivity index (χ2n) is 6.92. The highest BCUT2D eigenvalue weighted by Gasteiger charge is 2.26. The standard InChI is InChI=1S/C18H23ClN4O/c19-13-5-6-16-15(11-13)18(24)21-17(20-16)12-22-7-9-23(10-8-22)14-3-1-2-4-14/h5-6,11,14H,1-4,7-10,12H2,(H,20,21,24). The Labute approximate surface area is 146 Å². The Morgan fingerprint density at radius 3 is 2.67 bits per heavy atom. The van der Waals surface area contributed by atoms with E-state index in [1.807, 2.05) is 6.07 Å². The Bertz CT molecular complexity index is 776. The highest BCUT2D eigenvalue weighted by atomic mass is 35.5. The van der Waals surface area contributed by atoms with Crippen LogP contribution in [0.15, 0.2) is 23.0 Å². The largest absolute Gasteiger partial charge is 0.309 e. The van der Waals surface area contributed by atoms with E-state index in [0.717, 1.165) is 38.0 Å². The number of nitrogens with zero attached hydrogens (tertiary/aromatic N) is 3. The predicted molar refractivity (Wildman–Crippen MR) is 96.5 cm³/mol. The van der Waals surface area contributed by atoms with Gasteiger partial charge in [-0.25, -0.2) is 4.98 Å². The molecule has 0 spiro atoms. The average Bonchev–Trinajstić information content (AvgIpc) is 3.11. The van der Waals surface area contributed by atoms with Crippen molar-refractivity contribution in [1.82, 2.24) is 19.8 Å². The lowest BCUT2D eigenvalue weighted by atomic mass is 10.2. The third-order valence-electron chi connectivity index (χ3n) is 5.34. The smallest absolute Gasteiger partial charge is 0.258 e. The molecule has 2 fully saturated rings. The summed E-state index contributed by atoms with van der Waals surface area (Å²) in [5.41, 5.74) is 0.602. The van der Waals surface area contributed by atoms with Crippen LogP contribution in [-0.4, -0.2) is 52.0 Å². The van der Waals surface area contributed by atoms with Gasteiger partial charge in [-0.2, -0.15) is 0 Å². The molecule has 0 bridgehead atoms. The van der Waals surface area contributed by atoms with E-state index < -0.39 is 0 Å². The third-order valence-corrected chi connectivity index (χ3v) is 5.57. The fourth-order valence-electron chi connectivity index (χ4n) is 4.00. The molecule has 2 heterocycles. The minimum Gasteiger partial charge on any atom is -0.309 e. The van der Waals surface area contributed by atoms with Gasteiger partial charge in [-0.3, -0.25) is 14.6 Å². The number of hydrogen-bond acceptors (Lipinski definition) is 4. The molecular weight excluding hydrogens is 324 g/mol. The van der Waals surface area contributed by atoms with E-state index >= 15 is 0 Å². The molecule has 6 heteroatoms. The maximum Gasteiger partial charge on any atom is 0.258 e. The van der Waals surface area contributed by atoms with Crippen LogP contribution in [0.3, 0.4) is 0 Å². The molecule has 4 rings (SSSR count).